The molecule has 1 atom stereocenters. The molecule has 210 valence electrons. The maximum atomic E-state index is 13.9. The van der Waals surface area contributed by atoms with Gasteiger partial charge in [0.15, 0.2) is 0 Å². The highest BCUT2D eigenvalue weighted by atomic mass is 19.1. The van der Waals surface area contributed by atoms with Gasteiger partial charge in [-0.1, -0.05) is 57.0 Å². The van der Waals surface area contributed by atoms with E-state index in [1.807, 2.05) is 24.3 Å². The molecule has 0 aliphatic heterocycles. The van der Waals surface area contributed by atoms with Crippen molar-refractivity contribution in [1.29, 1.82) is 0 Å². The predicted octanol–water partition coefficient (Wildman–Crippen LogP) is 6.29. The van der Waals surface area contributed by atoms with Gasteiger partial charge in [0, 0.05) is 30.8 Å². The van der Waals surface area contributed by atoms with Gasteiger partial charge in [-0.15, -0.1) is 0 Å². The zero-order valence-electron chi connectivity index (χ0n) is 23.1. The number of nitrogens with zero attached hydrogens (tertiary/aromatic N) is 2. The van der Waals surface area contributed by atoms with Crippen molar-refractivity contribution >= 4 is 29.2 Å². The summed E-state index contributed by atoms with van der Waals surface area (Å²) in [5.41, 5.74) is 2.20. The first-order chi connectivity index (χ1) is 19.3. The van der Waals surface area contributed by atoms with E-state index in [4.69, 9.17) is 0 Å². The van der Waals surface area contributed by atoms with Crippen molar-refractivity contribution in [2.75, 3.05) is 10.2 Å². The minimum Gasteiger partial charge on any atom is -0.351 e. The van der Waals surface area contributed by atoms with Crippen LogP contribution in [0.1, 0.15) is 81.9 Å². The highest BCUT2D eigenvalue weighted by Gasteiger charge is 2.34. The molecular formula is C32H37FN4O3. The van der Waals surface area contributed by atoms with Gasteiger partial charge in [0.25, 0.3) is 0 Å². The average molecular weight is 545 g/mol. The number of pyridine rings is 1. The molecule has 0 bridgehead atoms. The van der Waals surface area contributed by atoms with Gasteiger partial charge in [-0.3, -0.25) is 19.3 Å². The van der Waals surface area contributed by atoms with Crippen LogP contribution in [-0.4, -0.2) is 28.7 Å². The van der Waals surface area contributed by atoms with Gasteiger partial charge in [0.05, 0.1) is 0 Å². The summed E-state index contributed by atoms with van der Waals surface area (Å²) in [4.78, 5) is 45.7. The Labute approximate surface area is 235 Å². The Morgan fingerprint density at radius 2 is 1.60 bits per heavy atom. The number of anilines is 2. The second-order valence-electron chi connectivity index (χ2n) is 10.6. The molecule has 1 aliphatic rings. The van der Waals surface area contributed by atoms with E-state index >= 15 is 0 Å². The number of halogens is 1. The molecule has 0 saturated heterocycles. The molecule has 0 spiro atoms. The van der Waals surface area contributed by atoms with Crippen molar-refractivity contribution in [3.63, 3.8) is 0 Å². The van der Waals surface area contributed by atoms with Crippen molar-refractivity contribution < 1.29 is 18.8 Å². The second-order valence-corrected chi connectivity index (χ2v) is 10.6. The van der Waals surface area contributed by atoms with Crippen molar-refractivity contribution in [3.05, 3.63) is 89.9 Å². The van der Waals surface area contributed by atoms with E-state index in [9.17, 15) is 18.8 Å². The van der Waals surface area contributed by atoms with Crippen LogP contribution in [0.2, 0.25) is 0 Å². The number of amides is 3. The predicted molar refractivity (Wildman–Crippen MR) is 154 cm³/mol. The Morgan fingerprint density at radius 1 is 0.925 bits per heavy atom. The maximum absolute atomic E-state index is 13.9. The van der Waals surface area contributed by atoms with E-state index < -0.39 is 11.9 Å². The Kier molecular flexibility index (Phi) is 10.00. The molecule has 40 heavy (non-hydrogen) atoms. The molecule has 2 aromatic carbocycles. The van der Waals surface area contributed by atoms with Gasteiger partial charge in [-0.25, -0.2) is 9.37 Å². The summed E-state index contributed by atoms with van der Waals surface area (Å²) in [5.74, 6) is -0.503. The van der Waals surface area contributed by atoms with Crippen LogP contribution in [0.3, 0.4) is 0 Å². The van der Waals surface area contributed by atoms with Crippen LogP contribution in [-0.2, 0) is 14.4 Å². The molecule has 1 aromatic heterocycles. The van der Waals surface area contributed by atoms with Crippen LogP contribution in [0, 0.1) is 5.82 Å². The van der Waals surface area contributed by atoms with Crippen LogP contribution in [0.25, 0.3) is 0 Å². The SMILES string of the molecule is CC(C)c1ccc(N(C(=O)CCCC(=O)Nc2ccccn2)[C@@H](C(=O)NC2CCCC2)c2ccc(F)cc2)cc1. The van der Waals surface area contributed by atoms with Gasteiger partial charge in [-0.2, -0.15) is 0 Å². The van der Waals surface area contributed by atoms with Gasteiger partial charge < -0.3 is 10.6 Å². The fourth-order valence-corrected chi connectivity index (χ4v) is 5.03. The van der Waals surface area contributed by atoms with Crippen molar-refractivity contribution in [2.45, 2.75) is 76.8 Å². The van der Waals surface area contributed by atoms with Crippen LogP contribution >= 0.6 is 0 Å². The Hall–Kier alpha value is -4.07. The molecule has 8 heteroatoms. The van der Waals surface area contributed by atoms with Gasteiger partial charge in [0.1, 0.15) is 17.7 Å². The summed E-state index contributed by atoms with van der Waals surface area (Å²) in [6, 6.07) is 17.6. The lowest BCUT2D eigenvalue weighted by Crippen LogP contribution is -2.46. The monoisotopic (exact) mass is 544 g/mol. The molecule has 4 rings (SSSR count). The number of nitrogens with one attached hydrogen (secondary N) is 2. The number of hydrogen-bond acceptors (Lipinski definition) is 4. The Balaban J connectivity index is 1.59. The number of hydrogen-bond donors (Lipinski definition) is 2. The lowest BCUT2D eigenvalue weighted by Gasteiger charge is -2.32. The van der Waals surface area contributed by atoms with Gasteiger partial charge in [0.2, 0.25) is 17.7 Å². The lowest BCUT2D eigenvalue weighted by molar-refractivity contribution is -0.127. The van der Waals surface area contributed by atoms with E-state index in [2.05, 4.69) is 29.5 Å². The average Bonchev–Trinajstić information content (AvgIpc) is 3.46. The van der Waals surface area contributed by atoms with E-state index in [0.29, 0.717) is 29.4 Å². The number of rotatable bonds is 11. The van der Waals surface area contributed by atoms with E-state index in [1.165, 1.54) is 17.0 Å². The molecule has 1 fully saturated rings. The van der Waals surface area contributed by atoms with Crippen molar-refractivity contribution in [1.82, 2.24) is 10.3 Å². The maximum Gasteiger partial charge on any atom is 0.248 e. The molecule has 7 nitrogen and oxygen atoms in total. The summed E-state index contributed by atoms with van der Waals surface area (Å²) >= 11 is 0. The van der Waals surface area contributed by atoms with Crippen LogP contribution in [0.4, 0.5) is 15.9 Å². The smallest absolute Gasteiger partial charge is 0.248 e. The molecule has 0 radical (unpaired) electrons. The zero-order valence-corrected chi connectivity index (χ0v) is 23.1. The molecule has 2 N–H and O–H groups in total. The fraction of sp³-hybridized carbons (Fsp3) is 0.375. The second kappa shape index (κ2) is 13.8. The third-order valence-electron chi connectivity index (χ3n) is 7.23. The zero-order chi connectivity index (χ0) is 28.5. The third-order valence-corrected chi connectivity index (χ3v) is 7.23. The number of carbonyl (C=O) groups is 3. The molecule has 1 aliphatic carbocycles. The van der Waals surface area contributed by atoms with Gasteiger partial charge in [-0.05, 0) is 72.7 Å². The summed E-state index contributed by atoms with van der Waals surface area (Å²) in [7, 11) is 0. The largest absolute Gasteiger partial charge is 0.351 e. The Bertz CT molecular complexity index is 1270. The van der Waals surface area contributed by atoms with Crippen LogP contribution in [0.5, 0.6) is 0 Å². The lowest BCUT2D eigenvalue weighted by atomic mass is 9.99. The minimum absolute atomic E-state index is 0.0472. The molecule has 3 aromatic rings. The van der Waals surface area contributed by atoms with E-state index in [-0.39, 0.29) is 36.6 Å². The fourth-order valence-electron chi connectivity index (χ4n) is 5.03. The summed E-state index contributed by atoms with van der Waals surface area (Å²) in [6.45, 7) is 4.18. The first-order valence-electron chi connectivity index (χ1n) is 14.0. The summed E-state index contributed by atoms with van der Waals surface area (Å²) in [6.07, 6.45) is 5.94. The van der Waals surface area contributed by atoms with Gasteiger partial charge >= 0.3 is 0 Å². The van der Waals surface area contributed by atoms with E-state index in [0.717, 1.165) is 31.2 Å². The normalized spacial score (nSPS) is 14.1. The third kappa shape index (κ3) is 7.74. The highest BCUT2D eigenvalue weighted by molar-refractivity contribution is 6.01. The number of benzene rings is 2. The molecule has 1 heterocycles. The van der Waals surface area contributed by atoms with Crippen LogP contribution in [0.15, 0.2) is 72.9 Å². The first kappa shape index (κ1) is 28.9. The van der Waals surface area contributed by atoms with Crippen molar-refractivity contribution in [3.8, 4) is 0 Å². The first-order valence-corrected chi connectivity index (χ1v) is 14.0. The molecule has 3 amide bonds. The standard InChI is InChI=1S/C32H37FN4O3/c1-22(2)23-15-19-27(20-16-23)37(30(39)12-7-11-29(38)36-28-10-5-6-21-34-28)31(24-13-17-25(33)18-14-24)32(40)35-26-8-3-4-9-26/h5-6,10,13-22,26,31H,3-4,7-9,11-12H2,1-2H3,(H,35,40)(H,34,36,38)/t31-/m1/s1. The van der Waals surface area contributed by atoms with E-state index in [1.54, 1.807) is 36.5 Å². The molecule has 1 saturated carbocycles. The number of carbonyl (C=O) groups excluding carboxylic acids is 3. The van der Waals surface area contributed by atoms with Crippen molar-refractivity contribution in [2.24, 2.45) is 0 Å². The quantitative estimate of drug-likeness (QED) is 0.297. The number of aromatic nitrogens is 1. The topological polar surface area (TPSA) is 91.4 Å². The Morgan fingerprint density at radius 3 is 2.23 bits per heavy atom. The summed E-state index contributed by atoms with van der Waals surface area (Å²) < 4.78 is 13.9. The molecular weight excluding hydrogens is 507 g/mol. The highest BCUT2D eigenvalue weighted by Crippen LogP contribution is 2.31. The van der Waals surface area contributed by atoms with Crippen LogP contribution < -0.4 is 15.5 Å². The molecule has 0 unspecified atom stereocenters. The minimum atomic E-state index is -0.985. The summed E-state index contributed by atoms with van der Waals surface area (Å²) in [5, 5.41) is 5.86.